The van der Waals surface area contributed by atoms with Crippen molar-refractivity contribution in [2.24, 2.45) is 5.92 Å². The summed E-state index contributed by atoms with van der Waals surface area (Å²) in [7, 11) is 0. The quantitative estimate of drug-likeness (QED) is 0.576. The van der Waals surface area contributed by atoms with E-state index in [1.54, 1.807) is 0 Å². The summed E-state index contributed by atoms with van der Waals surface area (Å²) in [5, 5.41) is 0. The van der Waals surface area contributed by atoms with Gasteiger partial charge in [-0.15, -0.1) is 0 Å². The summed E-state index contributed by atoms with van der Waals surface area (Å²) in [6.07, 6.45) is 5.15. The predicted octanol–water partition coefficient (Wildman–Crippen LogP) is 2.68. The molecular formula is C8H17MnO. The summed E-state index contributed by atoms with van der Waals surface area (Å²) in [6, 6.07) is 0. The second-order valence-corrected chi connectivity index (χ2v) is 3.03. The van der Waals surface area contributed by atoms with Crippen molar-refractivity contribution in [3.63, 3.8) is 0 Å². The normalized spacial score (nSPS) is 13.5. The first kappa shape index (κ1) is 10.5. The molecule has 0 amide bonds. The minimum absolute atomic E-state index is 0.749. The molecule has 0 aromatic heterocycles. The summed E-state index contributed by atoms with van der Waals surface area (Å²) >= 11 is 2.98. The van der Waals surface area contributed by atoms with Crippen molar-refractivity contribution in [1.29, 1.82) is 0 Å². The van der Waals surface area contributed by atoms with Crippen molar-refractivity contribution >= 4 is 0 Å². The molecule has 0 fully saturated rings. The van der Waals surface area contributed by atoms with E-state index < -0.39 is 0 Å². The van der Waals surface area contributed by atoms with Crippen LogP contribution in [0.3, 0.4) is 0 Å². The van der Waals surface area contributed by atoms with Gasteiger partial charge in [-0.2, -0.15) is 0 Å². The fourth-order valence-electron chi connectivity index (χ4n) is 0.987. The van der Waals surface area contributed by atoms with Gasteiger partial charge in [-0.05, 0) is 0 Å². The molecule has 0 saturated heterocycles. The molecule has 0 aliphatic carbocycles. The Bertz CT molecular complexity index is 66.3. The molecule has 0 radical (unpaired) electrons. The Labute approximate surface area is 72.7 Å². The van der Waals surface area contributed by atoms with Crippen LogP contribution in [-0.2, 0) is 20.2 Å². The summed E-state index contributed by atoms with van der Waals surface area (Å²) in [5.74, 6) is 0.749. The number of rotatable bonds is 6. The van der Waals surface area contributed by atoms with E-state index in [9.17, 15) is 0 Å². The predicted molar refractivity (Wildman–Crippen MR) is 39.3 cm³/mol. The summed E-state index contributed by atoms with van der Waals surface area (Å²) in [5.41, 5.74) is 0. The molecule has 0 N–H and O–H groups in total. The molecular weight excluding hydrogens is 167 g/mol. The van der Waals surface area contributed by atoms with Crippen molar-refractivity contribution in [3.8, 4) is 0 Å². The van der Waals surface area contributed by atoms with Gasteiger partial charge in [0.2, 0.25) is 0 Å². The van der Waals surface area contributed by atoms with Crippen LogP contribution in [0.2, 0.25) is 0 Å². The van der Waals surface area contributed by atoms with Crippen LogP contribution in [0.1, 0.15) is 39.5 Å². The summed E-state index contributed by atoms with van der Waals surface area (Å²) in [6.45, 7) is 5.30. The van der Waals surface area contributed by atoms with Crippen molar-refractivity contribution in [1.82, 2.24) is 0 Å². The maximum atomic E-state index is 4.90. The van der Waals surface area contributed by atoms with Crippen LogP contribution in [-0.4, -0.2) is 6.61 Å². The van der Waals surface area contributed by atoms with Gasteiger partial charge in [0.15, 0.2) is 0 Å². The second-order valence-electron chi connectivity index (χ2n) is 2.69. The van der Waals surface area contributed by atoms with Crippen LogP contribution in [0.5, 0.6) is 0 Å². The molecule has 2 heteroatoms. The van der Waals surface area contributed by atoms with E-state index in [0.29, 0.717) is 0 Å². The van der Waals surface area contributed by atoms with E-state index in [2.05, 4.69) is 30.2 Å². The Morgan fingerprint density at radius 3 is 2.50 bits per heavy atom. The van der Waals surface area contributed by atoms with Crippen LogP contribution in [0.4, 0.5) is 0 Å². The molecule has 0 bridgehead atoms. The third-order valence-corrected chi connectivity index (χ3v) is 2.04. The first-order valence-electron chi connectivity index (χ1n) is 4.08. The van der Waals surface area contributed by atoms with Gasteiger partial charge in [-0.25, -0.2) is 0 Å². The van der Waals surface area contributed by atoms with Gasteiger partial charge in [0.25, 0.3) is 0 Å². The van der Waals surface area contributed by atoms with Gasteiger partial charge in [0.05, 0.1) is 0 Å². The minimum atomic E-state index is 0.749. The van der Waals surface area contributed by atoms with Gasteiger partial charge < -0.3 is 0 Å². The van der Waals surface area contributed by atoms with Gasteiger partial charge in [0.1, 0.15) is 0 Å². The van der Waals surface area contributed by atoms with Crippen molar-refractivity contribution in [3.05, 3.63) is 0 Å². The molecule has 0 aromatic rings. The molecule has 0 spiro atoms. The maximum absolute atomic E-state index is 4.90. The Balaban J connectivity index is 3.21. The van der Waals surface area contributed by atoms with E-state index >= 15 is 0 Å². The van der Waals surface area contributed by atoms with Crippen LogP contribution < -0.4 is 0 Å². The van der Waals surface area contributed by atoms with Gasteiger partial charge in [-0.3, -0.25) is 0 Å². The SMILES string of the molecule is CCCCC(CC)C[O][Mn]. The fraction of sp³-hybridized carbons (Fsp3) is 1.00. The molecule has 0 aliphatic heterocycles. The molecule has 1 nitrogen and oxygen atoms in total. The second kappa shape index (κ2) is 7.58. The first-order valence-corrected chi connectivity index (χ1v) is 4.56. The number of unbranched alkanes of at least 4 members (excludes halogenated alkanes) is 1. The average Bonchev–Trinajstić information content (AvgIpc) is 1.98. The molecule has 62 valence electrons. The van der Waals surface area contributed by atoms with Crippen molar-refractivity contribution in [2.75, 3.05) is 6.61 Å². The van der Waals surface area contributed by atoms with Crippen molar-refractivity contribution in [2.45, 2.75) is 39.5 Å². The van der Waals surface area contributed by atoms with E-state index in [0.717, 1.165) is 12.5 Å². The molecule has 0 saturated carbocycles. The van der Waals surface area contributed by atoms with E-state index in [-0.39, 0.29) is 0 Å². The molecule has 0 rings (SSSR count). The van der Waals surface area contributed by atoms with Crippen LogP contribution in [0.15, 0.2) is 0 Å². The zero-order valence-corrected chi connectivity index (χ0v) is 8.08. The summed E-state index contributed by atoms with van der Waals surface area (Å²) < 4.78 is 4.90. The van der Waals surface area contributed by atoms with Crippen LogP contribution in [0.25, 0.3) is 0 Å². The van der Waals surface area contributed by atoms with Gasteiger partial charge in [-0.1, -0.05) is 0 Å². The van der Waals surface area contributed by atoms with E-state index in [4.69, 9.17) is 3.82 Å². The fourth-order valence-corrected chi connectivity index (χ4v) is 1.27. The topological polar surface area (TPSA) is 9.23 Å². The van der Waals surface area contributed by atoms with Crippen molar-refractivity contribution < 1.29 is 20.2 Å². The molecule has 0 aliphatic rings. The zero-order chi connectivity index (χ0) is 7.82. The summed E-state index contributed by atoms with van der Waals surface area (Å²) in [4.78, 5) is 0. The molecule has 10 heavy (non-hydrogen) atoms. The van der Waals surface area contributed by atoms with E-state index in [1.165, 1.54) is 25.7 Å². The number of hydrogen-bond acceptors (Lipinski definition) is 1. The Kier molecular flexibility index (Phi) is 7.95. The molecule has 1 atom stereocenters. The Hall–Kier alpha value is 0.479. The number of hydrogen-bond donors (Lipinski definition) is 0. The van der Waals surface area contributed by atoms with Crippen LogP contribution >= 0.6 is 0 Å². The molecule has 0 aromatic carbocycles. The van der Waals surface area contributed by atoms with Crippen LogP contribution in [0, 0.1) is 5.92 Å². The van der Waals surface area contributed by atoms with E-state index in [1.807, 2.05) is 0 Å². The Morgan fingerprint density at radius 2 is 2.10 bits per heavy atom. The average molecular weight is 184 g/mol. The monoisotopic (exact) mass is 184 g/mol. The molecule has 1 unspecified atom stereocenters. The third-order valence-electron chi connectivity index (χ3n) is 1.84. The van der Waals surface area contributed by atoms with Gasteiger partial charge in [0, 0.05) is 0 Å². The molecule has 0 heterocycles. The zero-order valence-electron chi connectivity index (χ0n) is 6.90. The standard InChI is InChI=1S/C8H17O.Mn/c1-3-5-6-8(4-2)7-9;/h8H,3-7H2,1-2H3;/q-1;+1. The third kappa shape index (κ3) is 5.28. The first-order chi connectivity index (χ1) is 4.85. The van der Waals surface area contributed by atoms with Gasteiger partial charge >= 0.3 is 72.2 Å². The Morgan fingerprint density at radius 1 is 1.40 bits per heavy atom.